The standard InChI is InChI=1S/C16H16ClNO2/c1-10-2-9-14(20-10)16(19)18-15(11-3-4-11)12-5-7-13(17)8-6-12/h2,5-9,11,15H,3-4H2,1H3,(H,18,19)/t15-/m0/s1. The molecule has 0 bridgehead atoms. The minimum absolute atomic E-state index is 0.0326. The maximum atomic E-state index is 12.2. The number of furan rings is 1. The van der Waals surface area contributed by atoms with Crippen molar-refractivity contribution in [2.45, 2.75) is 25.8 Å². The Morgan fingerprint density at radius 3 is 2.50 bits per heavy atom. The van der Waals surface area contributed by atoms with Crippen molar-refractivity contribution in [3.05, 3.63) is 58.5 Å². The number of carbonyl (C=O) groups is 1. The maximum absolute atomic E-state index is 12.2. The second-order valence-corrected chi connectivity index (χ2v) is 5.69. The summed E-state index contributed by atoms with van der Waals surface area (Å²) in [6.07, 6.45) is 2.29. The zero-order valence-electron chi connectivity index (χ0n) is 11.2. The highest BCUT2D eigenvalue weighted by Gasteiger charge is 2.34. The lowest BCUT2D eigenvalue weighted by Crippen LogP contribution is -2.29. The van der Waals surface area contributed by atoms with Crippen molar-refractivity contribution in [3.8, 4) is 0 Å². The third-order valence-electron chi connectivity index (χ3n) is 3.57. The van der Waals surface area contributed by atoms with E-state index in [4.69, 9.17) is 16.0 Å². The Morgan fingerprint density at radius 1 is 1.25 bits per heavy atom. The summed E-state index contributed by atoms with van der Waals surface area (Å²) in [5.74, 6) is 1.45. The number of rotatable bonds is 4. The largest absolute Gasteiger partial charge is 0.456 e. The first-order valence-electron chi connectivity index (χ1n) is 6.76. The zero-order chi connectivity index (χ0) is 14.1. The molecule has 0 unspecified atom stereocenters. The monoisotopic (exact) mass is 289 g/mol. The van der Waals surface area contributed by atoms with Crippen molar-refractivity contribution in [2.24, 2.45) is 5.92 Å². The molecule has 20 heavy (non-hydrogen) atoms. The van der Waals surface area contributed by atoms with E-state index in [1.54, 1.807) is 12.1 Å². The Balaban J connectivity index is 1.78. The maximum Gasteiger partial charge on any atom is 0.287 e. The summed E-state index contributed by atoms with van der Waals surface area (Å²) in [7, 11) is 0. The van der Waals surface area contributed by atoms with Crippen LogP contribution in [-0.4, -0.2) is 5.91 Å². The molecule has 1 amide bonds. The van der Waals surface area contributed by atoms with Gasteiger partial charge in [0.2, 0.25) is 0 Å². The lowest BCUT2D eigenvalue weighted by Gasteiger charge is -2.18. The number of aryl methyl sites for hydroxylation is 1. The highest BCUT2D eigenvalue weighted by molar-refractivity contribution is 6.30. The molecule has 1 N–H and O–H groups in total. The molecule has 1 aliphatic rings. The molecule has 1 aliphatic carbocycles. The Kier molecular flexibility index (Phi) is 3.53. The molecule has 1 heterocycles. The molecule has 4 heteroatoms. The van der Waals surface area contributed by atoms with Crippen LogP contribution < -0.4 is 5.32 Å². The van der Waals surface area contributed by atoms with Gasteiger partial charge in [-0.1, -0.05) is 23.7 Å². The average Bonchev–Trinajstić information content (AvgIpc) is 3.18. The minimum atomic E-state index is -0.162. The van der Waals surface area contributed by atoms with Gasteiger partial charge in [-0.25, -0.2) is 0 Å². The molecule has 1 atom stereocenters. The van der Waals surface area contributed by atoms with Crippen LogP contribution >= 0.6 is 11.6 Å². The summed E-state index contributed by atoms with van der Waals surface area (Å²) in [5, 5.41) is 3.77. The van der Waals surface area contributed by atoms with Crippen LogP contribution in [0.15, 0.2) is 40.8 Å². The summed E-state index contributed by atoms with van der Waals surface area (Å²) in [6.45, 7) is 1.83. The Hall–Kier alpha value is -1.74. The van der Waals surface area contributed by atoms with Gasteiger partial charge >= 0.3 is 0 Å². The molecule has 0 saturated heterocycles. The molecule has 104 valence electrons. The van der Waals surface area contributed by atoms with Crippen LogP contribution in [0.1, 0.15) is 40.8 Å². The predicted molar refractivity (Wildman–Crippen MR) is 77.8 cm³/mol. The van der Waals surface area contributed by atoms with Crippen molar-refractivity contribution in [1.82, 2.24) is 5.32 Å². The second-order valence-electron chi connectivity index (χ2n) is 5.25. The molecule has 1 saturated carbocycles. The van der Waals surface area contributed by atoms with E-state index in [2.05, 4.69) is 5.32 Å². The van der Waals surface area contributed by atoms with Crippen LogP contribution in [0.2, 0.25) is 5.02 Å². The van der Waals surface area contributed by atoms with Crippen LogP contribution in [-0.2, 0) is 0 Å². The zero-order valence-corrected chi connectivity index (χ0v) is 12.0. The van der Waals surface area contributed by atoms with E-state index in [1.807, 2.05) is 31.2 Å². The number of benzene rings is 1. The van der Waals surface area contributed by atoms with E-state index in [-0.39, 0.29) is 11.9 Å². The van der Waals surface area contributed by atoms with E-state index >= 15 is 0 Å². The van der Waals surface area contributed by atoms with Crippen LogP contribution in [0.25, 0.3) is 0 Å². The molecular weight excluding hydrogens is 274 g/mol. The Bertz CT molecular complexity index is 614. The van der Waals surface area contributed by atoms with Gasteiger partial charge in [-0.2, -0.15) is 0 Å². The molecule has 0 spiro atoms. The van der Waals surface area contributed by atoms with Gasteiger partial charge in [-0.3, -0.25) is 4.79 Å². The van der Waals surface area contributed by atoms with Crippen LogP contribution in [0.4, 0.5) is 0 Å². The fourth-order valence-electron chi connectivity index (χ4n) is 2.34. The smallest absolute Gasteiger partial charge is 0.287 e. The van der Waals surface area contributed by atoms with Crippen molar-refractivity contribution >= 4 is 17.5 Å². The molecule has 1 aromatic heterocycles. The second kappa shape index (κ2) is 5.33. The summed E-state index contributed by atoms with van der Waals surface area (Å²) in [5.41, 5.74) is 1.09. The lowest BCUT2D eigenvalue weighted by atomic mass is 10.0. The van der Waals surface area contributed by atoms with Crippen molar-refractivity contribution in [2.75, 3.05) is 0 Å². The SMILES string of the molecule is Cc1ccc(C(=O)N[C@H](c2ccc(Cl)cc2)C2CC2)o1. The lowest BCUT2D eigenvalue weighted by molar-refractivity contribution is 0.0902. The van der Waals surface area contributed by atoms with Gasteiger partial charge < -0.3 is 9.73 Å². The first kappa shape index (κ1) is 13.3. The number of hydrogen-bond acceptors (Lipinski definition) is 2. The van der Waals surface area contributed by atoms with E-state index in [0.29, 0.717) is 16.7 Å². The Labute approximate surface area is 122 Å². The van der Waals surface area contributed by atoms with E-state index < -0.39 is 0 Å². The van der Waals surface area contributed by atoms with Crippen molar-refractivity contribution in [1.29, 1.82) is 0 Å². The Morgan fingerprint density at radius 2 is 1.95 bits per heavy atom. The van der Waals surface area contributed by atoms with E-state index in [1.165, 1.54) is 0 Å². The third kappa shape index (κ3) is 2.88. The molecule has 3 nitrogen and oxygen atoms in total. The fourth-order valence-corrected chi connectivity index (χ4v) is 2.47. The molecule has 1 fully saturated rings. The van der Waals surface area contributed by atoms with Crippen LogP contribution in [0.3, 0.4) is 0 Å². The first-order chi connectivity index (χ1) is 9.63. The van der Waals surface area contributed by atoms with Gasteiger partial charge in [0.1, 0.15) is 5.76 Å². The van der Waals surface area contributed by atoms with E-state index in [0.717, 1.165) is 24.2 Å². The predicted octanol–water partition coefficient (Wildman–Crippen LogP) is 4.12. The molecule has 0 radical (unpaired) electrons. The van der Waals surface area contributed by atoms with Gasteiger partial charge in [0.25, 0.3) is 5.91 Å². The van der Waals surface area contributed by atoms with Crippen molar-refractivity contribution < 1.29 is 9.21 Å². The van der Waals surface area contributed by atoms with Gasteiger partial charge in [0.15, 0.2) is 5.76 Å². The molecule has 0 aliphatic heterocycles. The van der Waals surface area contributed by atoms with E-state index in [9.17, 15) is 4.79 Å². The molecule has 1 aromatic carbocycles. The molecular formula is C16H16ClNO2. The third-order valence-corrected chi connectivity index (χ3v) is 3.83. The fraction of sp³-hybridized carbons (Fsp3) is 0.312. The highest BCUT2D eigenvalue weighted by atomic mass is 35.5. The summed E-state index contributed by atoms with van der Waals surface area (Å²) < 4.78 is 5.37. The number of nitrogens with one attached hydrogen (secondary N) is 1. The summed E-state index contributed by atoms with van der Waals surface area (Å²) in [4.78, 5) is 12.2. The quantitative estimate of drug-likeness (QED) is 0.920. The first-order valence-corrected chi connectivity index (χ1v) is 7.14. The van der Waals surface area contributed by atoms with Crippen LogP contribution in [0, 0.1) is 12.8 Å². The van der Waals surface area contributed by atoms with Crippen molar-refractivity contribution in [3.63, 3.8) is 0 Å². The van der Waals surface area contributed by atoms with Gasteiger partial charge in [-0.05, 0) is 55.5 Å². The van der Waals surface area contributed by atoms with Crippen LogP contribution in [0.5, 0.6) is 0 Å². The molecule has 3 rings (SSSR count). The average molecular weight is 290 g/mol. The topological polar surface area (TPSA) is 42.2 Å². The summed E-state index contributed by atoms with van der Waals surface area (Å²) in [6, 6.07) is 11.2. The number of carbonyl (C=O) groups excluding carboxylic acids is 1. The summed E-state index contributed by atoms with van der Waals surface area (Å²) >= 11 is 5.91. The normalized spacial score (nSPS) is 15.9. The van der Waals surface area contributed by atoms with Gasteiger partial charge in [0.05, 0.1) is 6.04 Å². The number of hydrogen-bond donors (Lipinski definition) is 1. The number of amides is 1. The molecule has 2 aromatic rings. The number of halogens is 1. The highest BCUT2D eigenvalue weighted by Crippen LogP contribution is 2.41. The van der Waals surface area contributed by atoms with Gasteiger partial charge in [-0.15, -0.1) is 0 Å². The minimum Gasteiger partial charge on any atom is -0.456 e. The van der Waals surface area contributed by atoms with Gasteiger partial charge in [0, 0.05) is 5.02 Å².